The lowest BCUT2D eigenvalue weighted by molar-refractivity contribution is -0.121. The molecule has 4 nitrogen and oxygen atoms in total. The third-order valence-electron chi connectivity index (χ3n) is 4.34. The Morgan fingerprint density at radius 1 is 1.07 bits per heavy atom. The molecule has 0 N–H and O–H groups in total. The van der Waals surface area contributed by atoms with Crippen LogP contribution in [0.25, 0.3) is 6.08 Å². The number of hydrogen-bond acceptors (Lipinski definition) is 5. The van der Waals surface area contributed by atoms with E-state index in [4.69, 9.17) is 21.7 Å². The molecule has 1 amide bonds. The molecule has 1 saturated heterocycles. The SMILES string of the molecule is CCc1ccc(OCCCOc2ccccc2/C=C2/SC(=S)N(C)C2=O)cc1. The lowest BCUT2D eigenvalue weighted by Gasteiger charge is -2.10. The summed E-state index contributed by atoms with van der Waals surface area (Å²) >= 11 is 6.49. The number of carbonyl (C=O) groups is 1. The van der Waals surface area contributed by atoms with Gasteiger partial charge in [-0.25, -0.2) is 0 Å². The van der Waals surface area contributed by atoms with E-state index in [0.717, 1.165) is 29.9 Å². The molecular formula is C22H23NO3S2. The molecule has 3 rings (SSSR count). The number of nitrogens with zero attached hydrogens (tertiary/aromatic N) is 1. The first-order valence-corrected chi connectivity index (χ1v) is 10.5. The molecule has 0 bridgehead atoms. The van der Waals surface area contributed by atoms with Gasteiger partial charge in [0, 0.05) is 19.0 Å². The minimum atomic E-state index is -0.0766. The fourth-order valence-corrected chi connectivity index (χ4v) is 3.84. The summed E-state index contributed by atoms with van der Waals surface area (Å²) in [7, 11) is 1.69. The number of amides is 1. The lowest BCUT2D eigenvalue weighted by Crippen LogP contribution is -2.22. The van der Waals surface area contributed by atoms with Crippen molar-refractivity contribution in [3.8, 4) is 11.5 Å². The smallest absolute Gasteiger partial charge is 0.265 e. The molecule has 1 aliphatic heterocycles. The summed E-state index contributed by atoms with van der Waals surface area (Å²) in [5.74, 6) is 1.54. The number of hydrogen-bond donors (Lipinski definition) is 0. The van der Waals surface area contributed by atoms with Crippen LogP contribution in [-0.4, -0.2) is 35.4 Å². The Hall–Kier alpha value is -2.31. The third kappa shape index (κ3) is 5.14. The monoisotopic (exact) mass is 413 g/mol. The van der Waals surface area contributed by atoms with Gasteiger partial charge in [0.15, 0.2) is 0 Å². The molecule has 0 atom stereocenters. The van der Waals surface area contributed by atoms with E-state index in [0.29, 0.717) is 22.4 Å². The fraction of sp³-hybridized carbons (Fsp3) is 0.273. The second kappa shape index (κ2) is 9.75. The van der Waals surface area contributed by atoms with Crippen LogP contribution in [0.15, 0.2) is 53.4 Å². The number of rotatable bonds is 8. The van der Waals surface area contributed by atoms with Crippen molar-refractivity contribution in [1.82, 2.24) is 4.90 Å². The Balaban J connectivity index is 1.52. The minimum Gasteiger partial charge on any atom is -0.493 e. The van der Waals surface area contributed by atoms with E-state index in [2.05, 4.69) is 19.1 Å². The van der Waals surface area contributed by atoms with Crippen LogP contribution in [0, 0.1) is 0 Å². The molecule has 1 fully saturated rings. The Kier molecular flexibility index (Phi) is 7.12. The number of ether oxygens (including phenoxy) is 2. The summed E-state index contributed by atoms with van der Waals surface area (Å²) in [5, 5.41) is 0. The number of aryl methyl sites for hydroxylation is 1. The maximum absolute atomic E-state index is 12.2. The predicted molar refractivity (Wildman–Crippen MR) is 119 cm³/mol. The summed E-state index contributed by atoms with van der Waals surface area (Å²) in [5.41, 5.74) is 2.17. The zero-order valence-electron chi connectivity index (χ0n) is 16.0. The van der Waals surface area contributed by atoms with Gasteiger partial charge in [-0.05, 0) is 36.3 Å². The first kappa shape index (κ1) is 20.4. The molecule has 0 unspecified atom stereocenters. The summed E-state index contributed by atoms with van der Waals surface area (Å²) in [6, 6.07) is 15.9. The second-order valence-corrected chi connectivity index (χ2v) is 8.00. The summed E-state index contributed by atoms with van der Waals surface area (Å²) in [6.07, 6.45) is 3.63. The van der Waals surface area contributed by atoms with E-state index in [1.54, 1.807) is 7.05 Å². The lowest BCUT2D eigenvalue weighted by atomic mass is 10.2. The van der Waals surface area contributed by atoms with Crippen LogP contribution in [0.4, 0.5) is 0 Å². The van der Waals surface area contributed by atoms with Crippen LogP contribution < -0.4 is 9.47 Å². The summed E-state index contributed by atoms with van der Waals surface area (Å²) < 4.78 is 12.2. The van der Waals surface area contributed by atoms with Crippen molar-refractivity contribution in [3.63, 3.8) is 0 Å². The number of para-hydroxylation sites is 1. The van der Waals surface area contributed by atoms with Gasteiger partial charge in [-0.3, -0.25) is 9.69 Å². The van der Waals surface area contributed by atoms with Gasteiger partial charge < -0.3 is 9.47 Å². The average Bonchev–Trinajstić information content (AvgIpc) is 2.96. The molecule has 146 valence electrons. The first-order chi connectivity index (χ1) is 13.6. The Bertz CT molecular complexity index is 878. The molecule has 28 heavy (non-hydrogen) atoms. The van der Waals surface area contributed by atoms with Gasteiger partial charge in [0.05, 0.1) is 18.1 Å². The Morgan fingerprint density at radius 2 is 1.79 bits per heavy atom. The average molecular weight is 414 g/mol. The van der Waals surface area contributed by atoms with Crippen molar-refractivity contribution in [2.75, 3.05) is 20.3 Å². The van der Waals surface area contributed by atoms with Gasteiger partial charge in [0.2, 0.25) is 0 Å². The Morgan fingerprint density at radius 3 is 2.46 bits per heavy atom. The van der Waals surface area contributed by atoms with E-state index in [1.165, 1.54) is 22.2 Å². The Labute approximate surface area is 175 Å². The standard InChI is InChI=1S/C22H23NO3S2/c1-3-16-9-11-18(12-10-16)25-13-6-14-26-19-8-5-4-7-17(19)15-20-21(24)23(2)22(27)28-20/h4-5,7-12,15H,3,6,13-14H2,1-2H3/b20-15+. The van der Waals surface area contributed by atoms with Crippen LogP contribution in [0.5, 0.6) is 11.5 Å². The largest absolute Gasteiger partial charge is 0.493 e. The van der Waals surface area contributed by atoms with E-state index in [1.807, 2.05) is 42.5 Å². The van der Waals surface area contributed by atoms with Gasteiger partial charge >= 0.3 is 0 Å². The van der Waals surface area contributed by atoms with Crippen LogP contribution in [-0.2, 0) is 11.2 Å². The van der Waals surface area contributed by atoms with Gasteiger partial charge in [-0.15, -0.1) is 0 Å². The highest BCUT2D eigenvalue weighted by atomic mass is 32.2. The van der Waals surface area contributed by atoms with Crippen molar-refractivity contribution in [2.45, 2.75) is 19.8 Å². The zero-order valence-corrected chi connectivity index (χ0v) is 17.6. The van der Waals surface area contributed by atoms with Crippen LogP contribution in [0.2, 0.25) is 0 Å². The molecular weight excluding hydrogens is 390 g/mol. The molecule has 0 aliphatic carbocycles. The van der Waals surface area contributed by atoms with E-state index in [-0.39, 0.29) is 5.91 Å². The molecule has 2 aromatic carbocycles. The second-order valence-electron chi connectivity index (χ2n) is 6.33. The molecule has 0 spiro atoms. The van der Waals surface area contributed by atoms with Crippen molar-refractivity contribution >= 4 is 40.3 Å². The topological polar surface area (TPSA) is 38.8 Å². The minimum absolute atomic E-state index is 0.0766. The fourth-order valence-electron chi connectivity index (χ4n) is 2.67. The van der Waals surface area contributed by atoms with Crippen LogP contribution >= 0.6 is 24.0 Å². The van der Waals surface area contributed by atoms with Crippen molar-refractivity contribution < 1.29 is 14.3 Å². The predicted octanol–water partition coefficient (Wildman–Crippen LogP) is 4.93. The third-order valence-corrected chi connectivity index (χ3v) is 5.82. The van der Waals surface area contributed by atoms with E-state index >= 15 is 0 Å². The highest BCUT2D eigenvalue weighted by Crippen LogP contribution is 2.33. The maximum Gasteiger partial charge on any atom is 0.265 e. The van der Waals surface area contributed by atoms with Gasteiger partial charge in [0.1, 0.15) is 15.8 Å². The molecule has 0 radical (unpaired) electrons. The quantitative estimate of drug-likeness (QED) is 0.349. The molecule has 0 saturated carbocycles. The molecule has 6 heteroatoms. The maximum atomic E-state index is 12.2. The molecule has 0 aromatic heterocycles. The van der Waals surface area contributed by atoms with Crippen LogP contribution in [0.1, 0.15) is 24.5 Å². The number of carbonyl (C=O) groups excluding carboxylic acids is 1. The zero-order chi connectivity index (χ0) is 19.9. The summed E-state index contributed by atoms with van der Waals surface area (Å²) in [4.78, 5) is 14.3. The van der Waals surface area contributed by atoms with Gasteiger partial charge in [0.25, 0.3) is 5.91 Å². The highest BCUT2D eigenvalue weighted by molar-refractivity contribution is 8.26. The van der Waals surface area contributed by atoms with E-state index in [9.17, 15) is 4.79 Å². The van der Waals surface area contributed by atoms with Crippen molar-refractivity contribution in [1.29, 1.82) is 0 Å². The number of thiocarbonyl (C=S) groups is 1. The van der Waals surface area contributed by atoms with Crippen molar-refractivity contribution in [3.05, 3.63) is 64.6 Å². The molecule has 1 aliphatic rings. The normalized spacial score (nSPS) is 15.4. The van der Waals surface area contributed by atoms with E-state index < -0.39 is 0 Å². The number of thioether (sulfide) groups is 1. The molecule has 1 heterocycles. The summed E-state index contributed by atoms with van der Waals surface area (Å²) in [6.45, 7) is 3.25. The van der Waals surface area contributed by atoms with Crippen molar-refractivity contribution in [2.24, 2.45) is 0 Å². The number of benzene rings is 2. The van der Waals surface area contributed by atoms with Gasteiger partial charge in [-0.2, -0.15) is 0 Å². The highest BCUT2D eigenvalue weighted by Gasteiger charge is 2.28. The van der Waals surface area contributed by atoms with Gasteiger partial charge in [-0.1, -0.05) is 61.2 Å². The molecule has 2 aromatic rings. The number of likely N-dealkylation sites (N-methyl/N-ethyl adjacent to an activating group) is 1. The first-order valence-electron chi connectivity index (χ1n) is 9.23. The van der Waals surface area contributed by atoms with Crippen LogP contribution in [0.3, 0.4) is 0 Å².